The van der Waals surface area contributed by atoms with Crippen molar-refractivity contribution in [2.75, 3.05) is 51.8 Å². The Morgan fingerprint density at radius 3 is 2.68 bits per heavy atom. The fraction of sp³-hybridized carbons (Fsp3) is 0.579. The molecule has 2 saturated heterocycles. The summed E-state index contributed by atoms with van der Waals surface area (Å²) < 4.78 is 0. The van der Waals surface area contributed by atoms with Crippen LogP contribution in [0.4, 0.5) is 5.69 Å². The molecule has 0 saturated carbocycles. The molecule has 2 atom stereocenters. The maximum Gasteiger partial charge on any atom is 0.253 e. The van der Waals surface area contributed by atoms with E-state index < -0.39 is 0 Å². The third kappa shape index (κ3) is 3.85. The molecule has 6 heteroatoms. The van der Waals surface area contributed by atoms with Crippen LogP contribution in [0.5, 0.6) is 0 Å². The van der Waals surface area contributed by atoms with Crippen LogP contribution in [-0.4, -0.2) is 73.6 Å². The molecule has 0 unspecified atom stereocenters. The van der Waals surface area contributed by atoms with Crippen LogP contribution in [-0.2, 0) is 4.79 Å². The molecule has 0 spiro atoms. The van der Waals surface area contributed by atoms with Crippen LogP contribution in [0, 0.1) is 11.8 Å². The zero-order valence-corrected chi connectivity index (χ0v) is 15.0. The van der Waals surface area contributed by atoms with Crippen molar-refractivity contribution in [2.24, 2.45) is 11.8 Å². The van der Waals surface area contributed by atoms with E-state index in [0.29, 0.717) is 25.1 Å². The van der Waals surface area contributed by atoms with Gasteiger partial charge in [-0.05, 0) is 44.6 Å². The number of carbonyl (C=O) groups excluding carboxylic acids is 2. The van der Waals surface area contributed by atoms with Crippen molar-refractivity contribution in [3.63, 3.8) is 0 Å². The molecule has 2 aliphatic heterocycles. The number of nitrogens with zero attached hydrogens (tertiary/aromatic N) is 3. The Bertz CT molecular complexity index is 647. The molecular weight excluding hydrogens is 318 g/mol. The van der Waals surface area contributed by atoms with Crippen molar-refractivity contribution in [3.05, 3.63) is 29.8 Å². The second-order valence-corrected chi connectivity index (χ2v) is 7.37. The summed E-state index contributed by atoms with van der Waals surface area (Å²) in [4.78, 5) is 30.5. The second-order valence-electron chi connectivity index (χ2n) is 7.37. The zero-order chi connectivity index (χ0) is 18.0. The number of aliphatic hydroxyl groups excluding tert-OH is 1. The number of carbonyl (C=O) groups is 2. The number of benzene rings is 1. The minimum atomic E-state index is -0.0202. The Morgan fingerprint density at radius 2 is 2.04 bits per heavy atom. The number of rotatable bonds is 5. The average molecular weight is 345 g/mol. The predicted octanol–water partition coefficient (Wildman–Crippen LogP) is 1.06. The number of amides is 2. The van der Waals surface area contributed by atoms with Gasteiger partial charge in [-0.25, -0.2) is 0 Å². The molecule has 2 fully saturated rings. The van der Waals surface area contributed by atoms with Gasteiger partial charge >= 0.3 is 0 Å². The van der Waals surface area contributed by atoms with Crippen molar-refractivity contribution in [1.29, 1.82) is 0 Å². The summed E-state index contributed by atoms with van der Waals surface area (Å²) >= 11 is 0. The highest BCUT2D eigenvalue weighted by molar-refractivity contribution is 5.99. The molecule has 0 aliphatic carbocycles. The maximum absolute atomic E-state index is 12.9. The topological polar surface area (TPSA) is 64.1 Å². The fourth-order valence-corrected chi connectivity index (χ4v) is 3.90. The highest BCUT2D eigenvalue weighted by Gasteiger charge is 2.35. The van der Waals surface area contributed by atoms with Crippen LogP contribution in [0.3, 0.4) is 0 Å². The van der Waals surface area contributed by atoms with Crippen LogP contribution in [0.1, 0.15) is 23.2 Å². The summed E-state index contributed by atoms with van der Waals surface area (Å²) in [6, 6.07) is 7.35. The van der Waals surface area contributed by atoms with E-state index in [9.17, 15) is 14.7 Å². The standard InChI is InChI=1S/C19H27N3O3/c1-20(2)10-15-11-21(12-16(15)13-23)19(25)14-5-3-6-17(9-14)22-8-4-7-18(22)24/h3,5-6,9,15-16,23H,4,7-8,10-13H2,1-2H3/t15-,16-/m1/s1. The highest BCUT2D eigenvalue weighted by atomic mass is 16.3. The Kier molecular flexibility index (Phi) is 5.39. The van der Waals surface area contributed by atoms with Gasteiger partial charge in [-0.1, -0.05) is 6.07 Å². The van der Waals surface area contributed by atoms with Gasteiger partial charge in [0.1, 0.15) is 0 Å². The number of aliphatic hydroxyl groups is 1. The van der Waals surface area contributed by atoms with E-state index >= 15 is 0 Å². The van der Waals surface area contributed by atoms with E-state index in [1.54, 1.807) is 11.0 Å². The smallest absolute Gasteiger partial charge is 0.253 e. The van der Waals surface area contributed by atoms with Crippen LogP contribution >= 0.6 is 0 Å². The highest BCUT2D eigenvalue weighted by Crippen LogP contribution is 2.27. The molecule has 0 aromatic heterocycles. The number of hydrogen-bond acceptors (Lipinski definition) is 4. The van der Waals surface area contributed by atoms with Gasteiger partial charge in [0.2, 0.25) is 5.91 Å². The quantitative estimate of drug-likeness (QED) is 0.867. The first-order valence-electron chi connectivity index (χ1n) is 8.95. The van der Waals surface area contributed by atoms with Gasteiger partial charge in [-0.15, -0.1) is 0 Å². The Hall–Kier alpha value is -1.92. The fourth-order valence-electron chi connectivity index (χ4n) is 3.90. The minimum Gasteiger partial charge on any atom is -0.396 e. The van der Waals surface area contributed by atoms with Gasteiger partial charge in [-0.3, -0.25) is 9.59 Å². The largest absolute Gasteiger partial charge is 0.396 e. The van der Waals surface area contributed by atoms with E-state index in [-0.39, 0.29) is 30.3 Å². The molecule has 1 aromatic carbocycles. The summed E-state index contributed by atoms with van der Waals surface area (Å²) in [6.07, 6.45) is 1.45. The molecule has 136 valence electrons. The first-order chi connectivity index (χ1) is 12.0. The average Bonchev–Trinajstić information content (AvgIpc) is 3.20. The molecule has 3 rings (SSSR count). The van der Waals surface area contributed by atoms with E-state index in [4.69, 9.17) is 0 Å². The van der Waals surface area contributed by atoms with E-state index in [1.807, 2.05) is 37.2 Å². The lowest BCUT2D eigenvalue weighted by atomic mass is 9.97. The summed E-state index contributed by atoms with van der Waals surface area (Å²) in [7, 11) is 4.02. The molecule has 25 heavy (non-hydrogen) atoms. The van der Waals surface area contributed by atoms with Crippen molar-refractivity contribution >= 4 is 17.5 Å². The molecule has 2 heterocycles. The normalized spacial score (nSPS) is 23.8. The van der Waals surface area contributed by atoms with Crippen LogP contribution in [0.15, 0.2) is 24.3 Å². The van der Waals surface area contributed by atoms with Crippen LogP contribution in [0.25, 0.3) is 0 Å². The van der Waals surface area contributed by atoms with Crippen LogP contribution < -0.4 is 4.90 Å². The van der Waals surface area contributed by atoms with Gasteiger partial charge < -0.3 is 19.8 Å². The first-order valence-corrected chi connectivity index (χ1v) is 8.95. The number of hydrogen-bond donors (Lipinski definition) is 1. The molecule has 1 N–H and O–H groups in total. The Morgan fingerprint density at radius 1 is 1.28 bits per heavy atom. The van der Waals surface area contributed by atoms with Gasteiger partial charge in [0, 0.05) is 56.4 Å². The molecular formula is C19H27N3O3. The lowest BCUT2D eigenvalue weighted by Crippen LogP contribution is -2.31. The second kappa shape index (κ2) is 7.54. The van der Waals surface area contributed by atoms with Gasteiger partial charge in [0.15, 0.2) is 0 Å². The Labute approximate surface area is 149 Å². The number of likely N-dealkylation sites (tertiary alicyclic amines) is 1. The summed E-state index contributed by atoms with van der Waals surface area (Å²) in [5.74, 6) is 0.507. The Balaban J connectivity index is 1.74. The van der Waals surface area contributed by atoms with Crippen molar-refractivity contribution in [2.45, 2.75) is 12.8 Å². The molecule has 0 bridgehead atoms. The number of anilines is 1. The summed E-state index contributed by atoms with van der Waals surface area (Å²) in [6.45, 7) is 2.93. The zero-order valence-electron chi connectivity index (χ0n) is 15.0. The third-order valence-electron chi connectivity index (χ3n) is 5.18. The SMILES string of the molecule is CN(C)C[C@@H]1CN(C(=O)c2cccc(N3CCCC3=O)c2)C[C@@H]1CO. The van der Waals surface area contributed by atoms with E-state index in [2.05, 4.69) is 4.90 Å². The first kappa shape index (κ1) is 17.9. The molecule has 0 radical (unpaired) electrons. The van der Waals surface area contributed by atoms with Gasteiger partial charge in [-0.2, -0.15) is 0 Å². The predicted molar refractivity (Wildman–Crippen MR) is 96.6 cm³/mol. The van der Waals surface area contributed by atoms with Gasteiger partial charge in [0.05, 0.1) is 0 Å². The van der Waals surface area contributed by atoms with E-state index in [0.717, 1.165) is 25.2 Å². The van der Waals surface area contributed by atoms with E-state index in [1.165, 1.54) is 0 Å². The monoisotopic (exact) mass is 345 g/mol. The van der Waals surface area contributed by atoms with Crippen molar-refractivity contribution < 1.29 is 14.7 Å². The summed E-state index contributed by atoms with van der Waals surface area (Å²) in [5.41, 5.74) is 1.41. The lowest BCUT2D eigenvalue weighted by Gasteiger charge is -2.20. The lowest BCUT2D eigenvalue weighted by molar-refractivity contribution is -0.117. The molecule has 6 nitrogen and oxygen atoms in total. The molecule has 1 aromatic rings. The molecule has 2 aliphatic rings. The van der Waals surface area contributed by atoms with Crippen molar-refractivity contribution in [1.82, 2.24) is 9.80 Å². The van der Waals surface area contributed by atoms with Crippen LogP contribution in [0.2, 0.25) is 0 Å². The van der Waals surface area contributed by atoms with Crippen molar-refractivity contribution in [3.8, 4) is 0 Å². The summed E-state index contributed by atoms with van der Waals surface area (Å²) in [5, 5.41) is 9.64. The maximum atomic E-state index is 12.9. The minimum absolute atomic E-state index is 0.0202. The third-order valence-corrected chi connectivity index (χ3v) is 5.18. The molecule has 2 amide bonds. The van der Waals surface area contributed by atoms with Gasteiger partial charge in [0.25, 0.3) is 5.91 Å².